The van der Waals surface area contributed by atoms with Gasteiger partial charge < -0.3 is 5.73 Å². The van der Waals surface area contributed by atoms with Gasteiger partial charge in [0.05, 0.1) is 15.6 Å². The molecule has 0 atom stereocenters. The zero-order valence-corrected chi connectivity index (χ0v) is 13.7. The van der Waals surface area contributed by atoms with Crippen molar-refractivity contribution >= 4 is 56.1 Å². The van der Waals surface area contributed by atoms with Gasteiger partial charge in [-0.1, -0.05) is 47.6 Å². The van der Waals surface area contributed by atoms with Crippen LogP contribution in [-0.2, 0) is 10.0 Å². The Balaban J connectivity index is 2.31. The Morgan fingerprint density at radius 3 is 2.24 bits per heavy atom. The zero-order chi connectivity index (χ0) is 15.6. The molecule has 2 aromatic rings. The minimum Gasteiger partial charge on any atom is -0.389 e. The van der Waals surface area contributed by atoms with Gasteiger partial charge in [0, 0.05) is 10.6 Å². The molecule has 0 amide bonds. The molecule has 2 aromatic carbocycles. The first-order valence-corrected chi connectivity index (χ1v) is 8.32. The van der Waals surface area contributed by atoms with E-state index in [4.69, 9.17) is 41.2 Å². The fraction of sp³-hybridized carbons (Fsp3) is 0. The average Bonchev–Trinajstić information content (AvgIpc) is 2.42. The number of nitrogens with one attached hydrogen (secondary N) is 1. The number of sulfonamides is 1. The Morgan fingerprint density at radius 1 is 1.10 bits per heavy atom. The summed E-state index contributed by atoms with van der Waals surface area (Å²) in [6.07, 6.45) is 0. The lowest BCUT2D eigenvalue weighted by Crippen LogP contribution is -2.14. The lowest BCUT2D eigenvalue weighted by Gasteiger charge is -2.10. The van der Waals surface area contributed by atoms with Crippen LogP contribution in [0.15, 0.2) is 47.4 Å². The van der Waals surface area contributed by atoms with E-state index in [1.807, 2.05) is 0 Å². The zero-order valence-electron chi connectivity index (χ0n) is 10.5. The highest BCUT2D eigenvalue weighted by molar-refractivity contribution is 7.92. The Kier molecular flexibility index (Phi) is 4.73. The second-order valence-electron chi connectivity index (χ2n) is 4.12. The summed E-state index contributed by atoms with van der Waals surface area (Å²) in [6.45, 7) is 0. The van der Waals surface area contributed by atoms with Crippen molar-refractivity contribution in [2.75, 3.05) is 4.72 Å². The molecule has 110 valence electrons. The van der Waals surface area contributed by atoms with Gasteiger partial charge in [-0.25, -0.2) is 8.42 Å². The van der Waals surface area contributed by atoms with E-state index in [0.717, 1.165) is 0 Å². The van der Waals surface area contributed by atoms with E-state index < -0.39 is 10.0 Å². The molecule has 4 nitrogen and oxygen atoms in total. The Bertz CT molecular complexity index is 790. The molecule has 0 spiro atoms. The largest absolute Gasteiger partial charge is 0.389 e. The highest BCUT2D eigenvalue weighted by Gasteiger charge is 2.16. The molecular weight excluding hydrogens is 351 g/mol. The van der Waals surface area contributed by atoms with E-state index in [-0.39, 0.29) is 20.6 Å². The van der Waals surface area contributed by atoms with Gasteiger partial charge in [-0.05, 0) is 30.3 Å². The number of thiocarbonyl (C=S) groups is 1. The monoisotopic (exact) mass is 360 g/mol. The van der Waals surface area contributed by atoms with Crippen LogP contribution in [0.25, 0.3) is 0 Å². The van der Waals surface area contributed by atoms with Crippen molar-refractivity contribution in [2.24, 2.45) is 5.73 Å². The van der Waals surface area contributed by atoms with Crippen molar-refractivity contribution in [3.05, 3.63) is 58.1 Å². The third-order valence-corrected chi connectivity index (χ3v) is 4.79. The highest BCUT2D eigenvalue weighted by atomic mass is 35.5. The van der Waals surface area contributed by atoms with E-state index in [9.17, 15) is 8.42 Å². The normalized spacial score (nSPS) is 11.1. The van der Waals surface area contributed by atoms with E-state index in [1.165, 1.54) is 24.3 Å². The van der Waals surface area contributed by atoms with Gasteiger partial charge in [-0.2, -0.15) is 0 Å². The molecule has 2 rings (SSSR count). The standard InChI is InChI=1S/C13H10Cl2N2O2S2/c14-9-3-6-12(11(15)7-9)17-21(18,19)10-4-1-8(2-5-10)13(16)20/h1-7,17H,(H2,16,20). The summed E-state index contributed by atoms with van der Waals surface area (Å²) in [5.41, 5.74) is 6.31. The van der Waals surface area contributed by atoms with Crippen molar-refractivity contribution in [3.8, 4) is 0 Å². The molecular formula is C13H10Cl2N2O2S2. The fourth-order valence-electron chi connectivity index (χ4n) is 1.57. The Hall–Kier alpha value is -1.34. The molecule has 0 aliphatic carbocycles. The summed E-state index contributed by atoms with van der Waals surface area (Å²) >= 11 is 16.5. The molecule has 8 heteroatoms. The van der Waals surface area contributed by atoms with Gasteiger partial charge in [0.25, 0.3) is 10.0 Å². The number of anilines is 1. The maximum absolute atomic E-state index is 12.3. The number of hydrogen-bond acceptors (Lipinski definition) is 3. The van der Waals surface area contributed by atoms with Crippen LogP contribution in [0, 0.1) is 0 Å². The molecule has 0 aliphatic rings. The molecule has 0 aromatic heterocycles. The van der Waals surface area contributed by atoms with E-state index in [2.05, 4.69) is 4.72 Å². The number of nitrogens with two attached hydrogens (primary N) is 1. The van der Waals surface area contributed by atoms with Crippen LogP contribution < -0.4 is 10.5 Å². The topological polar surface area (TPSA) is 72.2 Å². The highest BCUT2D eigenvalue weighted by Crippen LogP contribution is 2.27. The summed E-state index contributed by atoms with van der Waals surface area (Å²) in [5, 5.41) is 0.634. The maximum Gasteiger partial charge on any atom is 0.261 e. The molecule has 0 heterocycles. The third kappa shape index (κ3) is 3.85. The van der Waals surface area contributed by atoms with E-state index >= 15 is 0 Å². The first kappa shape index (κ1) is 16.0. The summed E-state index contributed by atoms with van der Waals surface area (Å²) in [7, 11) is -3.75. The van der Waals surface area contributed by atoms with Gasteiger partial charge in [-0.15, -0.1) is 0 Å². The van der Waals surface area contributed by atoms with Crippen LogP contribution in [0.4, 0.5) is 5.69 Å². The number of rotatable bonds is 4. The summed E-state index contributed by atoms with van der Waals surface area (Å²) < 4.78 is 26.9. The molecule has 0 fully saturated rings. The quantitative estimate of drug-likeness (QED) is 0.819. The van der Waals surface area contributed by atoms with Crippen LogP contribution in [0.5, 0.6) is 0 Å². The van der Waals surface area contributed by atoms with Gasteiger partial charge in [0.15, 0.2) is 0 Å². The summed E-state index contributed by atoms with van der Waals surface area (Å²) in [6, 6.07) is 10.4. The van der Waals surface area contributed by atoms with E-state index in [0.29, 0.717) is 10.6 Å². The van der Waals surface area contributed by atoms with Crippen molar-refractivity contribution in [1.82, 2.24) is 0 Å². The third-order valence-electron chi connectivity index (χ3n) is 2.62. The van der Waals surface area contributed by atoms with Crippen LogP contribution in [-0.4, -0.2) is 13.4 Å². The predicted octanol–water partition coefficient (Wildman–Crippen LogP) is 3.43. The average molecular weight is 361 g/mol. The van der Waals surface area contributed by atoms with Crippen LogP contribution in [0.2, 0.25) is 10.0 Å². The molecule has 21 heavy (non-hydrogen) atoms. The Labute approximate surface area is 137 Å². The lowest BCUT2D eigenvalue weighted by molar-refractivity contribution is 0.601. The smallest absolute Gasteiger partial charge is 0.261 e. The van der Waals surface area contributed by atoms with Crippen LogP contribution in [0.3, 0.4) is 0 Å². The first-order chi connectivity index (χ1) is 9.79. The van der Waals surface area contributed by atoms with Crippen molar-refractivity contribution in [2.45, 2.75) is 4.90 Å². The summed E-state index contributed by atoms with van der Waals surface area (Å²) in [4.78, 5) is 0.279. The van der Waals surface area contributed by atoms with Crippen molar-refractivity contribution in [1.29, 1.82) is 0 Å². The van der Waals surface area contributed by atoms with Crippen LogP contribution in [0.1, 0.15) is 5.56 Å². The first-order valence-electron chi connectivity index (χ1n) is 5.67. The van der Waals surface area contributed by atoms with Gasteiger partial charge in [0.1, 0.15) is 4.99 Å². The van der Waals surface area contributed by atoms with Gasteiger partial charge in [0.2, 0.25) is 0 Å². The number of benzene rings is 2. The second-order valence-corrected chi connectivity index (χ2v) is 7.08. The molecule has 3 N–H and O–H groups in total. The SMILES string of the molecule is NC(=S)c1ccc(S(=O)(=O)Nc2ccc(Cl)cc2Cl)cc1. The van der Waals surface area contributed by atoms with Crippen molar-refractivity contribution < 1.29 is 8.42 Å². The van der Waals surface area contributed by atoms with Gasteiger partial charge >= 0.3 is 0 Å². The lowest BCUT2D eigenvalue weighted by atomic mass is 10.2. The van der Waals surface area contributed by atoms with Gasteiger partial charge in [-0.3, -0.25) is 4.72 Å². The molecule has 0 bridgehead atoms. The molecule has 0 aliphatic heterocycles. The molecule has 0 saturated heterocycles. The summed E-state index contributed by atoms with van der Waals surface area (Å²) in [5.74, 6) is 0. The fourth-order valence-corrected chi connectivity index (χ4v) is 3.30. The second kappa shape index (κ2) is 6.19. The Morgan fingerprint density at radius 2 is 1.71 bits per heavy atom. The van der Waals surface area contributed by atoms with E-state index in [1.54, 1.807) is 18.2 Å². The number of halogens is 2. The van der Waals surface area contributed by atoms with Crippen LogP contribution >= 0.6 is 35.4 Å². The van der Waals surface area contributed by atoms with Crippen molar-refractivity contribution in [3.63, 3.8) is 0 Å². The minimum absolute atomic E-state index is 0.0773. The molecule has 0 saturated carbocycles. The molecule has 0 unspecified atom stereocenters. The maximum atomic E-state index is 12.3. The molecule has 0 radical (unpaired) electrons. The predicted molar refractivity (Wildman–Crippen MR) is 89.6 cm³/mol. The number of hydrogen-bond donors (Lipinski definition) is 2. The minimum atomic E-state index is -3.75.